The first-order valence-corrected chi connectivity index (χ1v) is 7.62. The first kappa shape index (κ1) is 14.4. The zero-order valence-corrected chi connectivity index (χ0v) is 13.4. The normalized spacial score (nSPS) is 13.5. The second-order valence-electron chi connectivity index (χ2n) is 5.89. The van der Waals surface area contributed by atoms with Gasteiger partial charge < -0.3 is 4.90 Å². The molecule has 1 aliphatic rings. The van der Waals surface area contributed by atoms with Crippen LogP contribution in [0.3, 0.4) is 0 Å². The quantitative estimate of drug-likeness (QED) is 0.682. The van der Waals surface area contributed by atoms with Crippen LogP contribution in [-0.4, -0.2) is 30.9 Å². The number of nitrogens with zero attached hydrogens (tertiary/aromatic N) is 3. The summed E-state index contributed by atoms with van der Waals surface area (Å²) in [5.74, 6) is -0.586. The average Bonchev–Trinajstić information content (AvgIpc) is 2.85. The molecule has 2 aromatic carbocycles. The number of hydrogen-bond donors (Lipinski definition) is 0. The largest absolute Gasteiger partial charge is 0.376 e. The molecule has 2 heterocycles. The van der Waals surface area contributed by atoms with E-state index in [1.807, 2.05) is 37.2 Å². The number of carbonyl (C=O) groups excluding carboxylic acids is 2. The molecule has 3 aromatic rings. The maximum Gasteiger partial charge on any atom is 0.266 e. The van der Waals surface area contributed by atoms with E-state index in [1.165, 1.54) is 4.90 Å². The molecule has 0 fully saturated rings. The number of anilines is 2. The molecule has 0 unspecified atom stereocenters. The molecule has 118 valence electrons. The summed E-state index contributed by atoms with van der Waals surface area (Å²) < 4.78 is 0. The molecule has 0 radical (unpaired) electrons. The highest BCUT2D eigenvalue weighted by atomic mass is 16.2. The van der Waals surface area contributed by atoms with Crippen molar-refractivity contribution in [3.05, 3.63) is 65.9 Å². The molecule has 1 aromatic heterocycles. The van der Waals surface area contributed by atoms with Crippen molar-refractivity contribution in [1.29, 1.82) is 0 Å². The van der Waals surface area contributed by atoms with Crippen molar-refractivity contribution in [2.75, 3.05) is 23.9 Å². The maximum atomic E-state index is 12.7. The van der Waals surface area contributed by atoms with Crippen molar-refractivity contribution < 1.29 is 9.59 Å². The lowest BCUT2D eigenvalue weighted by Gasteiger charge is -2.20. The Morgan fingerprint density at radius 1 is 0.875 bits per heavy atom. The van der Waals surface area contributed by atoms with Crippen LogP contribution in [0.25, 0.3) is 10.9 Å². The number of benzene rings is 2. The molecule has 0 spiro atoms. The van der Waals surface area contributed by atoms with Gasteiger partial charge in [-0.2, -0.15) is 0 Å². The van der Waals surface area contributed by atoms with Crippen LogP contribution in [0.4, 0.5) is 11.4 Å². The van der Waals surface area contributed by atoms with Gasteiger partial charge in [0.2, 0.25) is 0 Å². The van der Waals surface area contributed by atoms with Gasteiger partial charge in [-0.3, -0.25) is 14.6 Å². The van der Waals surface area contributed by atoms with Crippen LogP contribution in [-0.2, 0) is 0 Å². The zero-order chi connectivity index (χ0) is 16.8. The van der Waals surface area contributed by atoms with Crippen LogP contribution in [0, 0.1) is 0 Å². The Hall–Kier alpha value is -3.21. The molecule has 1 aliphatic heterocycles. The number of aromatic nitrogens is 1. The molecule has 2 amide bonds. The third kappa shape index (κ3) is 1.91. The third-order valence-electron chi connectivity index (χ3n) is 4.24. The van der Waals surface area contributed by atoms with E-state index in [-0.39, 0.29) is 11.8 Å². The maximum absolute atomic E-state index is 12.7. The summed E-state index contributed by atoms with van der Waals surface area (Å²) in [6.45, 7) is 0. The van der Waals surface area contributed by atoms with E-state index in [1.54, 1.807) is 36.5 Å². The molecule has 24 heavy (non-hydrogen) atoms. The predicted octanol–water partition coefficient (Wildman–Crippen LogP) is 3.10. The highest BCUT2D eigenvalue weighted by Gasteiger charge is 2.37. The number of rotatable bonds is 2. The lowest BCUT2D eigenvalue weighted by atomic mass is 10.1. The van der Waals surface area contributed by atoms with Gasteiger partial charge in [0.05, 0.1) is 28.0 Å². The molecule has 0 saturated heterocycles. The van der Waals surface area contributed by atoms with E-state index < -0.39 is 0 Å². The zero-order valence-electron chi connectivity index (χ0n) is 13.4. The van der Waals surface area contributed by atoms with Gasteiger partial charge in [0.15, 0.2) is 0 Å². The van der Waals surface area contributed by atoms with E-state index in [9.17, 15) is 9.59 Å². The van der Waals surface area contributed by atoms with Gasteiger partial charge >= 0.3 is 0 Å². The summed E-state index contributed by atoms with van der Waals surface area (Å²) in [5.41, 5.74) is 3.14. The van der Waals surface area contributed by atoms with E-state index >= 15 is 0 Å². The van der Waals surface area contributed by atoms with E-state index in [2.05, 4.69) is 4.98 Å². The highest BCUT2D eigenvalue weighted by Crippen LogP contribution is 2.36. The standard InChI is InChI=1S/C19H15N3O2/c1-21(2)16-10-9-15(14-8-5-11-20-17(14)16)22-18(23)12-6-3-4-7-13(12)19(22)24/h3-11H,1-2H3. The summed E-state index contributed by atoms with van der Waals surface area (Å²) in [7, 11) is 3.87. The molecule has 0 aliphatic carbocycles. The molecule has 5 nitrogen and oxygen atoms in total. The SMILES string of the molecule is CN(C)c1ccc(N2C(=O)c3ccccc3C2=O)c2cccnc12. The van der Waals surface area contributed by atoms with Crippen molar-refractivity contribution in [1.82, 2.24) is 4.98 Å². The van der Waals surface area contributed by atoms with Crippen LogP contribution in [0.1, 0.15) is 20.7 Å². The molecule has 0 atom stereocenters. The number of amides is 2. The molecule has 0 bridgehead atoms. The van der Waals surface area contributed by atoms with E-state index in [4.69, 9.17) is 0 Å². The van der Waals surface area contributed by atoms with Gasteiger partial charge in [-0.25, -0.2) is 4.90 Å². The van der Waals surface area contributed by atoms with Crippen LogP contribution >= 0.6 is 0 Å². The first-order valence-electron chi connectivity index (χ1n) is 7.62. The van der Waals surface area contributed by atoms with Crippen molar-refractivity contribution in [2.24, 2.45) is 0 Å². The molecule has 4 rings (SSSR count). The fourth-order valence-corrected chi connectivity index (χ4v) is 3.11. The molecular formula is C19H15N3O2. The average molecular weight is 317 g/mol. The highest BCUT2D eigenvalue weighted by molar-refractivity contribution is 6.36. The van der Waals surface area contributed by atoms with Gasteiger partial charge in [0, 0.05) is 25.7 Å². The summed E-state index contributed by atoms with van der Waals surface area (Å²) >= 11 is 0. The summed E-state index contributed by atoms with van der Waals surface area (Å²) in [6, 6.07) is 14.3. The minimum Gasteiger partial charge on any atom is -0.376 e. The summed E-state index contributed by atoms with van der Waals surface area (Å²) in [4.78, 5) is 33.1. The Labute approximate surface area is 139 Å². The number of carbonyl (C=O) groups is 2. The fraction of sp³-hybridized carbons (Fsp3) is 0.105. The van der Waals surface area contributed by atoms with Gasteiger partial charge in [-0.05, 0) is 36.4 Å². The number of hydrogen-bond acceptors (Lipinski definition) is 4. The second-order valence-corrected chi connectivity index (χ2v) is 5.89. The van der Waals surface area contributed by atoms with Crippen LogP contribution in [0.15, 0.2) is 54.7 Å². The summed E-state index contributed by atoms with van der Waals surface area (Å²) in [5, 5.41) is 0.776. The minimum absolute atomic E-state index is 0.293. The smallest absolute Gasteiger partial charge is 0.266 e. The van der Waals surface area contributed by atoms with Crippen LogP contribution in [0.2, 0.25) is 0 Å². The Morgan fingerprint density at radius 2 is 1.54 bits per heavy atom. The van der Waals surface area contributed by atoms with Gasteiger partial charge in [0.25, 0.3) is 11.8 Å². The Kier molecular flexibility index (Phi) is 3.09. The van der Waals surface area contributed by atoms with Crippen molar-refractivity contribution in [2.45, 2.75) is 0 Å². The van der Waals surface area contributed by atoms with Crippen molar-refractivity contribution >= 4 is 34.1 Å². The first-order chi connectivity index (χ1) is 11.6. The van der Waals surface area contributed by atoms with Crippen molar-refractivity contribution in [3.8, 4) is 0 Å². The van der Waals surface area contributed by atoms with E-state index in [0.717, 1.165) is 16.6 Å². The fourth-order valence-electron chi connectivity index (χ4n) is 3.11. The van der Waals surface area contributed by atoms with Crippen LogP contribution in [0.5, 0.6) is 0 Å². The van der Waals surface area contributed by atoms with Crippen molar-refractivity contribution in [3.63, 3.8) is 0 Å². The molecule has 5 heteroatoms. The van der Waals surface area contributed by atoms with Gasteiger partial charge in [0.1, 0.15) is 0 Å². The monoisotopic (exact) mass is 317 g/mol. The number of imide groups is 1. The number of fused-ring (bicyclic) bond motifs is 2. The van der Waals surface area contributed by atoms with Gasteiger partial charge in [-0.1, -0.05) is 12.1 Å². The Bertz CT molecular complexity index is 960. The minimum atomic E-state index is -0.293. The van der Waals surface area contributed by atoms with E-state index in [0.29, 0.717) is 16.8 Å². The Balaban J connectivity index is 1.95. The Morgan fingerprint density at radius 3 is 2.17 bits per heavy atom. The van der Waals surface area contributed by atoms with Crippen LogP contribution < -0.4 is 9.80 Å². The lowest BCUT2D eigenvalue weighted by Crippen LogP contribution is -2.29. The number of pyridine rings is 1. The third-order valence-corrected chi connectivity index (χ3v) is 4.24. The van der Waals surface area contributed by atoms with Gasteiger partial charge in [-0.15, -0.1) is 0 Å². The predicted molar refractivity (Wildman–Crippen MR) is 93.7 cm³/mol. The second kappa shape index (κ2) is 5.16. The topological polar surface area (TPSA) is 53.5 Å². The molecule has 0 saturated carbocycles. The molecule has 0 N–H and O–H groups in total. The lowest BCUT2D eigenvalue weighted by molar-refractivity contribution is 0.0926. The summed E-state index contributed by atoms with van der Waals surface area (Å²) in [6.07, 6.45) is 1.71. The molecular weight excluding hydrogens is 302 g/mol.